The Bertz CT molecular complexity index is 441. The van der Waals surface area contributed by atoms with Crippen molar-refractivity contribution in [1.29, 1.82) is 0 Å². The minimum atomic E-state index is -0.703. The summed E-state index contributed by atoms with van der Waals surface area (Å²) in [6.07, 6.45) is 1.38. The van der Waals surface area contributed by atoms with Crippen molar-refractivity contribution >= 4 is 18.1 Å². The summed E-state index contributed by atoms with van der Waals surface area (Å²) in [5.41, 5.74) is 0. The van der Waals surface area contributed by atoms with E-state index >= 15 is 0 Å². The van der Waals surface area contributed by atoms with E-state index in [0.29, 0.717) is 0 Å². The molecule has 2 fully saturated rings. The van der Waals surface area contributed by atoms with Crippen LogP contribution in [0.2, 0.25) is 0 Å². The number of hydrogen-bond donors (Lipinski definition) is 1. The second kappa shape index (κ2) is 8.20. The van der Waals surface area contributed by atoms with Crippen molar-refractivity contribution in [3.05, 3.63) is 0 Å². The van der Waals surface area contributed by atoms with Crippen LogP contribution in [-0.4, -0.2) is 66.7 Å². The van der Waals surface area contributed by atoms with Crippen LogP contribution in [0.15, 0.2) is 0 Å². The van der Waals surface area contributed by atoms with Gasteiger partial charge in [-0.05, 0) is 26.3 Å². The van der Waals surface area contributed by atoms with Crippen molar-refractivity contribution in [2.45, 2.75) is 37.7 Å². The van der Waals surface area contributed by atoms with E-state index in [9.17, 15) is 14.4 Å². The van der Waals surface area contributed by atoms with Crippen LogP contribution in [-0.2, 0) is 47.1 Å². The normalized spacial score (nSPS) is 34.2. The van der Waals surface area contributed by atoms with Gasteiger partial charge in [-0.1, -0.05) is 12.5 Å². The molecule has 0 spiro atoms. The Balaban J connectivity index is 0.00000242. The molecule has 20 heavy (non-hydrogen) atoms. The quantitative estimate of drug-likeness (QED) is 0.674. The van der Waals surface area contributed by atoms with E-state index < -0.39 is 24.9 Å². The Hall–Kier alpha value is -0.326. The van der Waals surface area contributed by atoms with Gasteiger partial charge in [0.25, 0.3) is 0 Å². The second-order valence-electron chi connectivity index (χ2n) is 4.77. The largest absolute Gasteiger partial charge is 0.540 e. The molecule has 109 valence electrons. The van der Waals surface area contributed by atoms with Crippen molar-refractivity contribution in [2.75, 3.05) is 26.7 Å². The fraction of sp³-hybridized carbons (Fsp3) is 0.769. The van der Waals surface area contributed by atoms with Crippen LogP contribution in [0.5, 0.6) is 0 Å². The Labute approximate surface area is 147 Å². The number of likely N-dealkylation sites (N-methyl/N-ethyl adjacent to an activating group) is 1. The van der Waals surface area contributed by atoms with E-state index in [-0.39, 0.29) is 77.0 Å². The number of rotatable bonds is 4. The molecule has 2 aliphatic rings. The summed E-state index contributed by atoms with van der Waals surface area (Å²) in [7, 11) is 1.64. The van der Waals surface area contributed by atoms with Gasteiger partial charge in [-0.25, -0.2) is 6.29 Å². The molecule has 0 aliphatic carbocycles. The molecule has 0 aromatic heterocycles. The average molecular weight is 359 g/mol. The number of carbonyl (C=O) groups is 2. The number of nitrogens with one attached hydrogen (secondary N) is 1. The van der Waals surface area contributed by atoms with E-state index in [2.05, 4.69) is 5.32 Å². The minimum Gasteiger partial charge on any atom is -0.540 e. The van der Waals surface area contributed by atoms with Gasteiger partial charge in [0.1, 0.15) is 6.04 Å². The van der Waals surface area contributed by atoms with Gasteiger partial charge >= 0.3 is 0 Å². The zero-order valence-corrected chi connectivity index (χ0v) is 14.4. The van der Waals surface area contributed by atoms with Crippen LogP contribution < -0.4 is 5.32 Å². The van der Waals surface area contributed by atoms with Crippen LogP contribution in [0.3, 0.4) is 0 Å². The van der Waals surface area contributed by atoms with Gasteiger partial charge in [0.05, 0.1) is 6.54 Å². The molecule has 1 N–H and O–H groups in total. The maximum absolute atomic E-state index is 12.6. The van der Waals surface area contributed by atoms with Crippen molar-refractivity contribution in [1.82, 2.24) is 15.1 Å². The molecule has 0 aromatic carbocycles. The summed E-state index contributed by atoms with van der Waals surface area (Å²) in [5, 5.41) is 2.75. The molecular weight excluding hydrogens is 335 g/mol. The fourth-order valence-corrected chi connectivity index (χ4v) is 2.56. The first kappa shape index (κ1) is 14.6. The summed E-state index contributed by atoms with van der Waals surface area (Å²) in [6.45, 7) is 0.525. The van der Waals surface area contributed by atoms with Crippen molar-refractivity contribution in [3.63, 3.8) is 0 Å². The molecule has 0 aromatic rings. The smallest absolute Gasteiger partial charge is 0.243 e. The van der Waals surface area contributed by atoms with Gasteiger partial charge in [0.2, 0.25) is 11.8 Å². The van der Waals surface area contributed by atoms with Gasteiger partial charge in [-0.2, -0.15) is 0 Å². The third-order valence-corrected chi connectivity index (χ3v) is 3.54. The number of likely N-dealkylation sites (tertiary alicyclic amines) is 2. The first-order valence-electron chi connectivity index (χ1n) is 7.60. The second-order valence-corrected chi connectivity index (χ2v) is 4.77. The number of carbonyl (C=O) groups excluding carboxylic acids is 3. The predicted octanol–water partition coefficient (Wildman–Crippen LogP) is -0.705. The SMILES string of the molecule is [3H]C1C[C@@H]([C-]=O)N(C(=O)[C@H]2CC([3H])CN2C(=O)CNC)C1.[Y]. The zero-order valence-electron chi connectivity index (χ0n) is 13.5. The molecular formula is C13H20N3O3Y-. The number of amides is 2. The first-order chi connectivity index (χ1) is 9.97. The maximum atomic E-state index is 12.6. The van der Waals surface area contributed by atoms with E-state index in [1.165, 1.54) is 9.80 Å². The van der Waals surface area contributed by atoms with Crippen LogP contribution in [0.25, 0.3) is 0 Å². The predicted molar refractivity (Wildman–Crippen MR) is 69.1 cm³/mol. The van der Waals surface area contributed by atoms with Gasteiger partial charge in [0.15, 0.2) is 0 Å². The van der Waals surface area contributed by atoms with E-state index in [1.807, 2.05) is 0 Å². The molecule has 2 rings (SSSR count). The monoisotopic (exact) mass is 359 g/mol. The van der Waals surface area contributed by atoms with Crippen molar-refractivity contribution < 1.29 is 49.8 Å². The number of hydrogen-bond acceptors (Lipinski definition) is 4. The zero-order chi connectivity index (χ0) is 15.6. The molecule has 2 heterocycles. The van der Waals surface area contributed by atoms with Crippen molar-refractivity contribution in [3.8, 4) is 0 Å². The third kappa shape index (κ3) is 3.65. The summed E-state index contributed by atoms with van der Waals surface area (Å²) in [4.78, 5) is 38.3. The summed E-state index contributed by atoms with van der Waals surface area (Å²) < 4.78 is 15.5. The summed E-state index contributed by atoms with van der Waals surface area (Å²) in [5.74, 6) is -0.559. The molecule has 2 unspecified atom stereocenters. The average Bonchev–Trinajstić information content (AvgIpc) is 3.01. The summed E-state index contributed by atoms with van der Waals surface area (Å²) >= 11 is 0. The molecule has 1 radical (unpaired) electrons. The molecule has 0 saturated carbocycles. The molecule has 4 atom stereocenters. The topological polar surface area (TPSA) is 69.7 Å². The van der Waals surface area contributed by atoms with E-state index in [1.54, 1.807) is 13.3 Å². The van der Waals surface area contributed by atoms with E-state index in [0.717, 1.165) is 0 Å². The van der Waals surface area contributed by atoms with Gasteiger partial charge in [0, 0.05) is 48.5 Å². The van der Waals surface area contributed by atoms with E-state index in [4.69, 9.17) is 2.74 Å². The van der Waals surface area contributed by atoms with Gasteiger partial charge in [-0.3, -0.25) is 9.59 Å². The van der Waals surface area contributed by atoms with Gasteiger partial charge < -0.3 is 19.9 Å². The Kier molecular flexibility index (Phi) is 5.99. The minimum absolute atomic E-state index is 0. The standard InChI is InChI=1S/C13H20N3O3.Y/c1-14-8-12(18)16-7-3-5-11(16)13(19)15-6-2-4-10(15)9-17;/h10-11,14H,2-8H2,1H3;/q-1;/t10-,11+;/m0./s1/i2T,3T;/t2?,3?,10-,11+;. The third-order valence-electron chi connectivity index (χ3n) is 3.54. The summed E-state index contributed by atoms with van der Waals surface area (Å²) in [6, 6.07) is -1.40. The van der Waals surface area contributed by atoms with Crippen LogP contribution in [0.4, 0.5) is 0 Å². The maximum Gasteiger partial charge on any atom is 0.243 e. The number of nitrogens with zero attached hydrogens (tertiary/aromatic N) is 2. The van der Waals surface area contributed by atoms with Crippen LogP contribution in [0.1, 0.15) is 28.4 Å². The molecule has 2 amide bonds. The Morgan fingerprint density at radius 2 is 1.95 bits per heavy atom. The van der Waals surface area contributed by atoms with Crippen LogP contribution in [0, 0.1) is 0 Å². The fourth-order valence-electron chi connectivity index (χ4n) is 2.56. The van der Waals surface area contributed by atoms with Gasteiger partial charge in [-0.15, -0.1) is 0 Å². The molecule has 0 bridgehead atoms. The molecule has 2 saturated heterocycles. The Morgan fingerprint density at radius 1 is 1.30 bits per heavy atom. The first-order valence-corrected chi connectivity index (χ1v) is 6.44. The molecule has 6 nitrogen and oxygen atoms in total. The van der Waals surface area contributed by atoms with Crippen molar-refractivity contribution in [2.24, 2.45) is 0 Å². The van der Waals surface area contributed by atoms with Crippen LogP contribution >= 0.6 is 0 Å². The Morgan fingerprint density at radius 3 is 2.60 bits per heavy atom. The molecule has 2 aliphatic heterocycles. The molecule has 7 heteroatoms.